The monoisotopic (exact) mass is 512 g/mol. The number of amides is 1. The van der Waals surface area contributed by atoms with Gasteiger partial charge in [0.15, 0.2) is 0 Å². The number of nitrogens with one attached hydrogen (secondary N) is 1. The minimum Gasteiger partial charge on any atom is -0.469 e. The lowest BCUT2D eigenvalue weighted by atomic mass is 9.86. The number of carbonyl (C=O) groups excluding carboxylic acids is 2. The van der Waals surface area contributed by atoms with E-state index in [0.717, 1.165) is 45.4 Å². The molecule has 0 saturated heterocycles. The van der Waals surface area contributed by atoms with Crippen molar-refractivity contribution in [1.82, 2.24) is 20.1 Å². The lowest BCUT2D eigenvalue weighted by Crippen LogP contribution is -2.39. The van der Waals surface area contributed by atoms with Crippen molar-refractivity contribution in [2.75, 3.05) is 7.11 Å². The largest absolute Gasteiger partial charge is 0.469 e. The normalized spacial score (nSPS) is 17.1. The lowest BCUT2D eigenvalue weighted by Gasteiger charge is -2.27. The molecule has 8 heteroatoms. The van der Waals surface area contributed by atoms with E-state index in [2.05, 4.69) is 51.5 Å². The molecular formula is C29H28N4O3S. The Morgan fingerprint density at radius 2 is 1.92 bits per heavy atom. The Morgan fingerprint density at radius 1 is 1.14 bits per heavy atom. The van der Waals surface area contributed by atoms with Crippen LogP contribution in [0.3, 0.4) is 0 Å². The fraction of sp³-hybridized carbons (Fsp3) is 0.310. The van der Waals surface area contributed by atoms with Crippen LogP contribution in [0.4, 0.5) is 0 Å². The molecule has 2 aromatic heterocycles. The van der Waals surface area contributed by atoms with Crippen molar-refractivity contribution in [1.29, 1.82) is 0 Å². The summed E-state index contributed by atoms with van der Waals surface area (Å²) < 4.78 is 6.76. The van der Waals surface area contributed by atoms with E-state index in [-0.39, 0.29) is 23.8 Å². The molecule has 0 aliphatic heterocycles. The summed E-state index contributed by atoms with van der Waals surface area (Å²) >= 11 is 1.61. The summed E-state index contributed by atoms with van der Waals surface area (Å²) in [7, 11) is 1.42. The maximum Gasteiger partial charge on any atom is 0.308 e. The van der Waals surface area contributed by atoms with E-state index in [0.29, 0.717) is 24.9 Å². The average Bonchev–Trinajstić information content (AvgIpc) is 3.61. The number of esters is 1. The Bertz CT molecular complexity index is 1470. The van der Waals surface area contributed by atoms with Crippen LogP contribution < -0.4 is 5.32 Å². The van der Waals surface area contributed by atoms with Crippen molar-refractivity contribution in [2.24, 2.45) is 5.92 Å². The van der Waals surface area contributed by atoms with Crippen molar-refractivity contribution < 1.29 is 14.3 Å². The molecule has 188 valence electrons. The van der Waals surface area contributed by atoms with Gasteiger partial charge < -0.3 is 10.1 Å². The van der Waals surface area contributed by atoms with Crippen molar-refractivity contribution in [3.8, 4) is 22.4 Å². The number of aromatic nitrogens is 3. The zero-order valence-electron chi connectivity index (χ0n) is 20.9. The van der Waals surface area contributed by atoms with E-state index in [1.54, 1.807) is 30.7 Å². The number of rotatable bonds is 6. The second-order valence-electron chi connectivity index (χ2n) is 9.18. The standard InChI is InChI=1S/C29H28N4O3S/c1-3-4-20-11-14-24(27(34)32-23-12-9-22(10-13-23)29(35)36-2)26-25(20)17-31-33(26)18-19-5-7-21(8-6-19)28-30-15-16-37-28/h5-8,11,14-17,22-23H,9-10,12-13,18H2,1-2H3,(H,32,34). The van der Waals surface area contributed by atoms with Crippen LogP contribution in [-0.2, 0) is 16.1 Å². The number of hydrogen-bond donors (Lipinski definition) is 1. The molecule has 5 rings (SSSR count). The van der Waals surface area contributed by atoms with Crippen LogP contribution in [0.5, 0.6) is 0 Å². The van der Waals surface area contributed by atoms with Gasteiger partial charge in [-0.2, -0.15) is 5.10 Å². The summed E-state index contributed by atoms with van der Waals surface area (Å²) in [4.78, 5) is 29.7. The number of thiazole rings is 1. The number of hydrogen-bond acceptors (Lipinski definition) is 6. The maximum atomic E-state index is 13.5. The Kier molecular flexibility index (Phi) is 7.33. The second kappa shape index (κ2) is 11.0. The molecule has 1 aliphatic rings. The van der Waals surface area contributed by atoms with Crippen LogP contribution in [0.2, 0.25) is 0 Å². The molecule has 1 saturated carbocycles. The first kappa shape index (κ1) is 24.7. The van der Waals surface area contributed by atoms with Crippen LogP contribution in [-0.4, -0.2) is 39.8 Å². The number of fused-ring (bicyclic) bond motifs is 1. The van der Waals surface area contributed by atoms with Gasteiger partial charge in [0.2, 0.25) is 0 Å². The van der Waals surface area contributed by atoms with Gasteiger partial charge in [0.05, 0.1) is 36.8 Å². The van der Waals surface area contributed by atoms with Crippen molar-refractivity contribution >= 4 is 34.1 Å². The number of nitrogens with zero attached hydrogens (tertiary/aromatic N) is 3. The van der Waals surface area contributed by atoms with Gasteiger partial charge in [0.1, 0.15) is 5.01 Å². The molecule has 0 radical (unpaired) electrons. The fourth-order valence-corrected chi connectivity index (χ4v) is 5.59. The molecule has 1 fully saturated rings. The molecule has 4 aromatic rings. The summed E-state index contributed by atoms with van der Waals surface area (Å²) in [6.45, 7) is 2.32. The third-order valence-corrected chi connectivity index (χ3v) is 7.69. The molecule has 0 atom stereocenters. The van der Waals surface area contributed by atoms with Gasteiger partial charge in [-0.25, -0.2) is 4.98 Å². The summed E-state index contributed by atoms with van der Waals surface area (Å²) in [6, 6.07) is 12.0. The molecule has 1 N–H and O–H groups in total. The van der Waals surface area contributed by atoms with Gasteiger partial charge in [-0.1, -0.05) is 30.2 Å². The van der Waals surface area contributed by atoms with E-state index in [9.17, 15) is 9.59 Å². The number of carbonyl (C=O) groups is 2. The maximum absolute atomic E-state index is 13.5. The lowest BCUT2D eigenvalue weighted by molar-refractivity contribution is -0.146. The average molecular weight is 513 g/mol. The van der Waals surface area contributed by atoms with Crippen LogP contribution >= 0.6 is 11.3 Å². The van der Waals surface area contributed by atoms with E-state index >= 15 is 0 Å². The van der Waals surface area contributed by atoms with Gasteiger partial charge in [-0.15, -0.1) is 17.3 Å². The van der Waals surface area contributed by atoms with E-state index in [4.69, 9.17) is 4.74 Å². The first-order chi connectivity index (χ1) is 18.1. The SMILES string of the molecule is CC#Cc1ccc(C(=O)NC2CCC(C(=O)OC)CC2)c2c1cnn2Cc1ccc(-c2nccs2)cc1. The summed E-state index contributed by atoms with van der Waals surface area (Å²) in [6.07, 6.45) is 6.52. The summed E-state index contributed by atoms with van der Waals surface area (Å²) in [5.41, 5.74) is 4.34. The number of methoxy groups -OCH3 is 1. The first-order valence-corrected chi connectivity index (χ1v) is 13.2. The van der Waals surface area contributed by atoms with E-state index < -0.39 is 0 Å². The molecule has 2 heterocycles. The number of benzene rings is 2. The molecule has 2 aromatic carbocycles. The third kappa shape index (κ3) is 5.27. The molecule has 7 nitrogen and oxygen atoms in total. The van der Waals surface area contributed by atoms with Gasteiger partial charge in [0, 0.05) is 34.1 Å². The summed E-state index contributed by atoms with van der Waals surface area (Å²) in [5, 5.41) is 11.6. The van der Waals surface area contributed by atoms with Crippen LogP contribution in [0.25, 0.3) is 21.5 Å². The smallest absolute Gasteiger partial charge is 0.308 e. The van der Waals surface area contributed by atoms with Crippen LogP contribution in [0.15, 0.2) is 54.2 Å². The quantitative estimate of drug-likeness (QED) is 0.289. The Morgan fingerprint density at radius 3 is 2.59 bits per heavy atom. The summed E-state index contributed by atoms with van der Waals surface area (Å²) in [5.74, 6) is 5.71. The van der Waals surface area contributed by atoms with Crippen molar-refractivity contribution in [2.45, 2.75) is 45.2 Å². The van der Waals surface area contributed by atoms with E-state index in [1.165, 1.54) is 7.11 Å². The Balaban J connectivity index is 1.40. The van der Waals surface area contributed by atoms with Gasteiger partial charge >= 0.3 is 5.97 Å². The minimum absolute atomic E-state index is 0.0216. The molecule has 1 aliphatic carbocycles. The second-order valence-corrected chi connectivity index (χ2v) is 10.1. The zero-order valence-corrected chi connectivity index (χ0v) is 21.7. The fourth-order valence-electron chi connectivity index (χ4n) is 4.94. The van der Waals surface area contributed by atoms with Crippen LogP contribution in [0, 0.1) is 17.8 Å². The zero-order chi connectivity index (χ0) is 25.8. The molecule has 0 unspecified atom stereocenters. The van der Waals surface area contributed by atoms with Gasteiger partial charge in [0.25, 0.3) is 5.91 Å². The third-order valence-electron chi connectivity index (χ3n) is 6.87. The molecule has 0 spiro atoms. The highest BCUT2D eigenvalue weighted by Gasteiger charge is 2.28. The van der Waals surface area contributed by atoms with Crippen molar-refractivity contribution in [3.05, 3.63) is 70.9 Å². The van der Waals surface area contributed by atoms with Gasteiger partial charge in [-0.05, 0) is 50.3 Å². The molecule has 1 amide bonds. The molecular weight excluding hydrogens is 484 g/mol. The highest BCUT2D eigenvalue weighted by atomic mass is 32.1. The molecule has 0 bridgehead atoms. The van der Waals surface area contributed by atoms with Gasteiger partial charge in [-0.3, -0.25) is 14.3 Å². The van der Waals surface area contributed by atoms with Crippen LogP contribution in [0.1, 0.15) is 54.1 Å². The predicted molar refractivity (Wildman–Crippen MR) is 144 cm³/mol. The van der Waals surface area contributed by atoms with E-state index in [1.807, 2.05) is 22.2 Å². The predicted octanol–water partition coefficient (Wildman–Crippen LogP) is 5.04. The van der Waals surface area contributed by atoms with Crippen molar-refractivity contribution in [3.63, 3.8) is 0 Å². The number of ether oxygens (including phenoxy) is 1. The highest BCUT2D eigenvalue weighted by Crippen LogP contribution is 2.28. The first-order valence-electron chi connectivity index (χ1n) is 12.4. The Labute approximate surface area is 219 Å². The topological polar surface area (TPSA) is 86.1 Å². The minimum atomic E-state index is -0.164. The highest BCUT2D eigenvalue weighted by molar-refractivity contribution is 7.13. The molecule has 37 heavy (non-hydrogen) atoms. The Hall–Kier alpha value is -3.96.